The molecule has 0 aromatic carbocycles. The first-order valence-corrected chi connectivity index (χ1v) is 9.55. The highest BCUT2D eigenvalue weighted by molar-refractivity contribution is 7.87. The van der Waals surface area contributed by atoms with Crippen molar-refractivity contribution in [1.82, 2.24) is 9.03 Å². The summed E-state index contributed by atoms with van der Waals surface area (Å²) in [7, 11) is -3.36. The molecule has 0 radical (unpaired) electrons. The minimum atomic E-state index is -3.36. The fraction of sp³-hybridized carbons (Fsp3) is 1.00. The first kappa shape index (κ1) is 16.2. The molecule has 2 fully saturated rings. The van der Waals surface area contributed by atoms with Crippen molar-refractivity contribution in [3.05, 3.63) is 0 Å². The summed E-state index contributed by atoms with van der Waals surface area (Å²) in [4.78, 5) is 0. The molecule has 0 spiro atoms. The van der Waals surface area contributed by atoms with Gasteiger partial charge >= 0.3 is 0 Å². The monoisotopic (exact) mass is 303 g/mol. The average molecular weight is 303 g/mol. The van der Waals surface area contributed by atoms with Crippen LogP contribution in [0.15, 0.2) is 0 Å². The maximum Gasteiger partial charge on any atom is 0.279 e. The third kappa shape index (κ3) is 4.41. The highest BCUT2D eigenvalue weighted by Gasteiger charge is 2.30. The van der Waals surface area contributed by atoms with Crippen LogP contribution in [-0.2, 0) is 10.2 Å². The molecule has 1 aliphatic carbocycles. The lowest BCUT2D eigenvalue weighted by molar-refractivity contribution is 0.288. The molecule has 1 aliphatic heterocycles. The zero-order valence-electron chi connectivity index (χ0n) is 12.4. The molecule has 0 aromatic heterocycles. The predicted octanol–water partition coefficient (Wildman–Crippen LogP) is 1.60. The van der Waals surface area contributed by atoms with Crippen molar-refractivity contribution in [2.75, 3.05) is 19.6 Å². The van der Waals surface area contributed by atoms with Gasteiger partial charge in [0.1, 0.15) is 0 Å². The van der Waals surface area contributed by atoms with E-state index in [-0.39, 0.29) is 6.04 Å². The minimum Gasteiger partial charge on any atom is -0.329 e. The van der Waals surface area contributed by atoms with Crippen molar-refractivity contribution >= 4 is 10.2 Å². The first-order valence-electron chi connectivity index (χ1n) is 8.11. The molecule has 1 saturated carbocycles. The van der Waals surface area contributed by atoms with Crippen LogP contribution >= 0.6 is 0 Å². The Labute approximate surface area is 123 Å². The molecule has 2 rings (SSSR count). The zero-order valence-corrected chi connectivity index (χ0v) is 13.2. The Morgan fingerprint density at radius 3 is 2.10 bits per heavy atom. The second-order valence-corrected chi connectivity index (χ2v) is 7.88. The third-order valence-corrected chi connectivity index (χ3v) is 6.32. The average Bonchev–Trinajstić information content (AvgIpc) is 2.75. The molecule has 0 aromatic rings. The highest BCUT2D eigenvalue weighted by atomic mass is 32.2. The van der Waals surface area contributed by atoms with E-state index in [4.69, 9.17) is 5.73 Å². The zero-order chi connectivity index (χ0) is 14.4. The number of hydrogen-bond donors (Lipinski definition) is 2. The Morgan fingerprint density at radius 2 is 1.55 bits per heavy atom. The van der Waals surface area contributed by atoms with Crippen molar-refractivity contribution in [2.45, 2.75) is 63.8 Å². The van der Waals surface area contributed by atoms with E-state index >= 15 is 0 Å². The molecule has 2 aliphatic rings. The van der Waals surface area contributed by atoms with Crippen molar-refractivity contribution in [2.24, 2.45) is 11.7 Å². The lowest BCUT2D eigenvalue weighted by Gasteiger charge is -2.31. The second-order valence-electron chi connectivity index (χ2n) is 6.18. The smallest absolute Gasteiger partial charge is 0.279 e. The van der Waals surface area contributed by atoms with Gasteiger partial charge in [-0.2, -0.15) is 17.4 Å². The fourth-order valence-corrected chi connectivity index (χ4v) is 4.98. The molecule has 118 valence electrons. The van der Waals surface area contributed by atoms with E-state index in [1.165, 1.54) is 19.3 Å². The number of hydrogen-bond acceptors (Lipinski definition) is 3. The SMILES string of the molecule is NCC(NS(=O)(=O)N1CCCCCC1)C1CCCCC1. The van der Waals surface area contributed by atoms with Gasteiger partial charge in [0.2, 0.25) is 0 Å². The normalized spacial score (nSPS) is 25.2. The molecule has 1 saturated heterocycles. The standard InChI is InChI=1S/C14H29N3O2S/c15-12-14(13-8-4-3-5-9-13)16-20(18,19)17-10-6-1-2-7-11-17/h13-14,16H,1-12,15H2. The maximum atomic E-state index is 12.5. The highest BCUT2D eigenvalue weighted by Crippen LogP contribution is 2.26. The Morgan fingerprint density at radius 1 is 1.00 bits per heavy atom. The Balaban J connectivity index is 1.96. The van der Waals surface area contributed by atoms with Crippen LogP contribution in [-0.4, -0.2) is 38.4 Å². The van der Waals surface area contributed by atoms with E-state index < -0.39 is 10.2 Å². The van der Waals surface area contributed by atoms with E-state index in [0.717, 1.165) is 38.5 Å². The van der Waals surface area contributed by atoms with Gasteiger partial charge < -0.3 is 5.73 Å². The van der Waals surface area contributed by atoms with Gasteiger partial charge in [-0.1, -0.05) is 32.1 Å². The molecule has 0 bridgehead atoms. The summed E-state index contributed by atoms with van der Waals surface area (Å²) >= 11 is 0. The number of nitrogens with zero attached hydrogens (tertiary/aromatic N) is 1. The Bertz CT molecular complexity index is 372. The van der Waals surface area contributed by atoms with Gasteiger partial charge in [0, 0.05) is 25.7 Å². The number of nitrogens with one attached hydrogen (secondary N) is 1. The van der Waals surface area contributed by atoms with Crippen molar-refractivity contribution in [3.63, 3.8) is 0 Å². The van der Waals surface area contributed by atoms with Crippen LogP contribution in [0.2, 0.25) is 0 Å². The maximum absolute atomic E-state index is 12.5. The molecule has 6 heteroatoms. The van der Waals surface area contributed by atoms with Gasteiger partial charge in [-0.05, 0) is 31.6 Å². The minimum absolute atomic E-state index is 0.0939. The topological polar surface area (TPSA) is 75.4 Å². The molecule has 20 heavy (non-hydrogen) atoms. The summed E-state index contributed by atoms with van der Waals surface area (Å²) in [5, 5.41) is 0. The van der Waals surface area contributed by atoms with E-state index in [2.05, 4.69) is 4.72 Å². The number of nitrogens with two attached hydrogens (primary N) is 1. The molecular weight excluding hydrogens is 274 g/mol. The lowest BCUT2D eigenvalue weighted by atomic mass is 9.84. The van der Waals surface area contributed by atoms with Crippen molar-refractivity contribution in [1.29, 1.82) is 0 Å². The molecule has 0 amide bonds. The first-order chi connectivity index (χ1) is 9.63. The van der Waals surface area contributed by atoms with Gasteiger partial charge in [-0.15, -0.1) is 0 Å². The van der Waals surface area contributed by atoms with Gasteiger partial charge in [0.25, 0.3) is 10.2 Å². The van der Waals surface area contributed by atoms with E-state index in [9.17, 15) is 8.42 Å². The molecule has 1 atom stereocenters. The van der Waals surface area contributed by atoms with Crippen LogP contribution in [0.4, 0.5) is 0 Å². The summed E-state index contributed by atoms with van der Waals surface area (Å²) < 4.78 is 29.5. The van der Waals surface area contributed by atoms with Crippen molar-refractivity contribution < 1.29 is 8.42 Å². The Hall–Kier alpha value is -0.170. The molecule has 1 heterocycles. The lowest BCUT2D eigenvalue weighted by Crippen LogP contribution is -2.51. The predicted molar refractivity (Wildman–Crippen MR) is 81.5 cm³/mol. The van der Waals surface area contributed by atoms with Crippen LogP contribution < -0.4 is 10.5 Å². The van der Waals surface area contributed by atoms with Gasteiger partial charge in [0.15, 0.2) is 0 Å². The molecule has 5 nitrogen and oxygen atoms in total. The van der Waals surface area contributed by atoms with E-state index in [0.29, 0.717) is 25.6 Å². The Kier molecular flexibility index (Phi) is 6.26. The van der Waals surface area contributed by atoms with Crippen LogP contribution in [0.5, 0.6) is 0 Å². The van der Waals surface area contributed by atoms with Crippen LogP contribution in [0.25, 0.3) is 0 Å². The summed E-state index contributed by atoms with van der Waals surface area (Å²) in [6, 6.07) is -0.0939. The second kappa shape index (κ2) is 7.73. The van der Waals surface area contributed by atoms with Gasteiger partial charge in [0.05, 0.1) is 0 Å². The fourth-order valence-electron chi connectivity index (χ4n) is 3.42. The van der Waals surface area contributed by atoms with Crippen LogP contribution in [0.3, 0.4) is 0 Å². The quantitative estimate of drug-likeness (QED) is 0.810. The third-order valence-electron chi connectivity index (χ3n) is 4.68. The molecular formula is C14H29N3O2S. The van der Waals surface area contributed by atoms with Crippen LogP contribution in [0, 0.1) is 5.92 Å². The van der Waals surface area contributed by atoms with E-state index in [1.54, 1.807) is 4.31 Å². The summed E-state index contributed by atoms with van der Waals surface area (Å²) in [5.74, 6) is 0.413. The molecule has 1 unspecified atom stereocenters. The number of rotatable bonds is 5. The van der Waals surface area contributed by atoms with Gasteiger partial charge in [-0.3, -0.25) is 0 Å². The summed E-state index contributed by atoms with van der Waals surface area (Å²) in [6.07, 6.45) is 10.1. The molecule has 3 N–H and O–H groups in total. The van der Waals surface area contributed by atoms with Gasteiger partial charge in [-0.25, -0.2) is 0 Å². The summed E-state index contributed by atoms with van der Waals surface area (Å²) in [6.45, 7) is 1.70. The van der Waals surface area contributed by atoms with E-state index in [1.807, 2.05) is 0 Å². The van der Waals surface area contributed by atoms with Crippen molar-refractivity contribution in [3.8, 4) is 0 Å². The van der Waals surface area contributed by atoms with Crippen LogP contribution in [0.1, 0.15) is 57.8 Å². The largest absolute Gasteiger partial charge is 0.329 e. The summed E-state index contributed by atoms with van der Waals surface area (Å²) in [5.41, 5.74) is 5.83.